The Morgan fingerprint density at radius 2 is 1.93 bits per heavy atom. The van der Waals surface area contributed by atoms with E-state index in [0.717, 1.165) is 6.07 Å². The number of rotatable bonds is 2. The molecule has 0 spiro atoms. The Kier molecular flexibility index (Phi) is 3.04. The fourth-order valence-electron chi connectivity index (χ4n) is 1.06. The van der Waals surface area contributed by atoms with Crippen LogP contribution in [0.3, 0.4) is 0 Å². The molecule has 0 saturated heterocycles. The number of amides is 1. The van der Waals surface area contributed by atoms with Crippen molar-refractivity contribution < 1.29 is 19.1 Å². The summed E-state index contributed by atoms with van der Waals surface area (Å²) in [5, 5.41) is 8.59. The number of aromatic carboxylic acids is 1. The maximum Gasteiger partial charge on any atom is 0.335 e. The van der Waals surface area contributed by atoms with Crippen LogP contribution < -0.4 is 0 Å². The van der Waals surface area contributed by atoms with Crippen molar-refractivity contribution in [3.8, 4) is 0 Å². The van der Waals surface area contributed by atoms with Crippen LogP contribution in [0.1, 0.15) is 20.7 Å². The second-order valence-electron chi connectivity index (χ2n) is 3.20. The Labute approximate surface area is 85.9 Å². The summed E-state index contributed by atoms with van der Waals surface area (Å²) in [6, 6.07) is 3.20. The third-order valence-electron chi connectivity index (χ3n) is 1.85. The zero-order valence-corrected chi connectivity index (χ0v) is 8.32. The summed E-state index contributed by atoms with van der Waals surface area (Å²) in [6.07, 6.45) is 0. The minimum absolute atomic E-state index is 0.134. The van der Waals surface area contributed by atoms with Gasteiger partial charge in [0, 0.05) is 14.1 Å². The zero-order chi connectivity index (χ0) is 11.6. The van der Waals surface area contributed by atoms with Crippen molar-refractivity contribution in [3.63, 3.8) is 0 Å². The number of benzene rings is 1. The van der Waals surface area contributed by atoms with E-state index in [1.54, 1.807) is 0 Å². The molecule has 4 nitrogen and oxygen atoms in total. The van der Waals surface area contributed by atoms with Crippen molar-refractivity contribution in [3.05, 3.63) is 35.1 Å². The Bertz CT molecular complexity index is 415. The van der Waals surface area contributed by atoms with Gasteiger partial charge in [-0.05, 0) is 18.2 Å². The van der Waals surface area contributed by atoms with Gasteiger partial charge in [-0.1, -0.05) is 0 Å². The second kappa shape index (κ2) is 4.08. The normalized spacial score (nSPS) is 9.80. The van der Waals surface area contributed by atoms with Crippen LogP contribution in [0.5, 0.6) is 0 Å². The molecule has 0 aromatic heterocycles. The number of carboxylic acid groups (broad SMARTS) is 1. The maximum atomic E-state index is 13.3. The van der Waals surface area contributed by atoms with E-state index < -0.39 is 17.7 Å². The molecule has 0 heterocycles. The Hall–Kier alpha value is -1.91. The molecule has 0 aliphatic heterocycles. The summed E-state index contributed by atoms with van der Waals surface area (Å²) in [5.74, 6) is -2.55. The lowest BCUT2D eigenvalue weighted by molar-refractivity contribution is 0.0694. The summed E-state index contributed by atoms with van der Waals surface area (Å²) in [4.78, 5) is 23.1. The predicted octanol–water partition coefficient (Wildman–Crippen LogP) is 1.23. The average molecular weight is 211 g/mol. The average Bonchev–Trinajstić information content (AvgIpc) is 2.16. The monoisotopic (exact) mass is 211 g/mol. The van der Waals surface area contributed by atoms with Crippen molar-refractivity contribution in [1.29, 1.82) is 0 Å². The van der Waals surface area contributed by atoms with Gasteiger partial charge in [-0.2, -0.15) is 0 Å². The van der Waals surface area contributed by atoms with Gasteiger partial charge in [0.05, 0.1) is 11.1 Å². The lowest BCUT2D eigenvalue weighted by Gasteiger charge is -2.10. The summed E-state index contributed by atoms with van der Waals surface area (Å²) < 4.78 is 13.3. The number of hydrogen-bond acceptors (Lipinski definition) is 2. The van der Waals surface area contributed by atoms with E-state index in [0.29, 0.717) is 0 Å². The van der Waals surface area contributed by atoms with Gasteiger partial charge >= 0.3 is 5.97 Å². The molecule has 1 amide bonds. The van der Waals surface area contributed by atoms with E-state index >= 15 is 0 Å². The summed E-state index contributed by atoms with van der Waals surface area (Å²) in [6.45, 7) is 0. The lowest BCUT2D eigenvalue weighted by atomic mass is 10.1. The smallest absolute Gasteiger partial charge is 0.335 e. The first-order chi connectivity index (χ1) is 6.93. The second-order valence-corrected chi connectivity index (χ2v) is 3.20. The van der Waals surface area contributed by atoms with E-state index in [2.05, 4.69) is 0 Å². The molecule has 0 unspecified atom stereocenters. The molecule has 1 aromatic carbocycles. The maximum absolute atomic E-state index is 13.3. The van der Waals surface area contributed by atoms with Gasteiger partial charge in [-0.15, -0.1) is 0 Å². The molecular weight excluding hydrogens is 201 g/mol. The molecule has 5 heteroatoms. The van der Waals surface area contributed by atoms with Crippen LogP contribution in [0.2, 0.25) is 0 Å². The first kappa shape index (κ1) is 11.2. The topological polar surface area (TPSA) is 57.6 Å². The van der Waals surface area contributed by atoms with Crippen LogP contribution in [0.15, 0.2) is 18.2 Å². The summed E-state index contributed by atoms with van der Waals surface area (Å²) in [5.41, 5.74) is -0.312. The molecule has 0 atom stereocenters. The Morgan fingerprint density at radius 1 is 1.33 bits per heavy atom. The van der Waals surface area contributed by atoms with E-state index in [9.17, 15) is 14.0 Å². The number of carbonyl (C=O) groups excluding carboxylic acids is 1. The fourth-order valence-corrected chi connectivity index (χ4v) is 1.06. The van der Waals surface area contributed by atoms with Gasteiger partial charge in [0.1, 0.15) is 5.82 Å². The number of hydrogen-bond donors (Lipinski definition) is 1. The molecule has 0 saturated carbocycles. The van der Waals surface area contributed by atoms with E-state index in [1.165, 1.54) is 31.1 Å². The molecule has 1 N–H and O–H groups in total. The van der Waals surface area contributed by atoms with Crippen molar-refractivity contribution in [2.75, 3.05) is 14.1 Å². The van der Waals surface area contributed by atoms with Crippen molar-refractivity contribution in [2.45, 2.75) is 0 Å². The van der Waals surface area contributed by atoms with Gasteiger partial charge in [0.15, 0.2) is 0 Å². The van der Waals surface area contributed by atoms with Crippen LogP contribution in [0.4, 0.5) is 4.39 Å². The van der Waals surface area contributed by atoms with Gasteiger partial charge in [-0.3, -0.25) is 4.79 Å². The van der Waals surface area contributed by atoms with Gasteiger partial charge in [0.2, 0.25) is 0 Å². The van der Waals surface area contributed by atoms with Crippen LogP contribution in [-0.4, -0.2) is 36.0 Å². The number of halogens is 1. The van der Waals surface area contributed by atoms with Gasteiger partial charge in [-0.25, -0.2) is 9.18 Å². The minimum Gasteiger partial charge on any atom is -0.478 e. The van der Waals surface area contributed by atoms with Crippen molar-refractivity contribution in [1.82, 2.24) is 4.90 Å². The molecule has 0 aliphatic rings. The van der Waals surface area contributed by atoms with E-state index in [4.69, 9.17) is 5.11 Å². The number of carbonyl (C=O) groups is 2. The van der Waals surface area contributed by atoms with Crippen LogP contribution >= 0.6 is 0 Å². The highest BCUT2D eigenvalue weighted by Gasteiger charge is 2.15. The molecular formula is C10H10FNO3. The number of nitrogens with zero attached hydrogens (tertiary/aromatic N) is 1. The zero-order valence-electron chi connectivity index (χ0n) is 8.32. The standard InChI is InChI=1S/C10H10FNO3/c1-12(2)9(13)7-4-3-6(10(14)15)5-8(7)11/h3-5H,1-2H3,(H,14,15). The molecule has 0 fully saturated rings. The largest absolute Gasteiger partial charge is 0.478 e. The lowest BCUT2D eigenvalue weighted by Crippen LogP contribution is -2.23. The third kappa shape index (κ3) is 2.31. The van der Waals surface area contributed by atoms with E-state index in [-0.39, 0.29) is 11.1 Å². The van der Waals surface area contributed by atoms with Crippen molar-refractivity contribution >= 4 is 11.9 Å². The quantitative estimate of drug-likeness (QED) is 0.800. The predicted molar refractivity (Wildman–Crippen MR) is 51.4 cm³/mol. The first-order valence-electron chi connectivity index (χ1n) is 4.18. The third-order valence-corrected chi connectivity index (χ3v) is 1.85. The highest BCUT2D eigenvalue weighted by atomic mass is 19.1. The number of carboxylic acids is 1. The highest BCUT2D eigenvalue weighted by molar-refractivity contribution is 5.95. The minimum atomic E-state index is -1.22. The molecule has 0 aliphatic carbocycles. The Morgan fingerprint density at radius 3 is 2.33 bits per heavy atom. The Balaban J connectivity index is 3.14. The molecule has 1 aromatic rings. The fraction of sp³-hybridized carbons (Fsp3) is 0.200. The van der Waals surface area contributed by atoms with Gasteiger partial charge in [0.25, 0.3) is 5.91 Å². The van der Waals surface area contributed by atoms with Crippen LogP contribution in [0, 0.1) is 5.82 Å². The molecule has 15 heavy (non-hydrogen) atoms. The SMILES string of the molecule is CN(C)C(=O)c1ccc(C(=O)O)cc1F. The summed E-state index contributed by atoms with van der Waals surface area (Å²) in [7, 11) is 2.99. The van der Waals surface area contributed by atoms with Crippen molar-refractivity contribution in [2.24, 2.45) is 0 Å². The molecule has 1 rings (SSSR count). The summed E-state index contributed by atoms with van der Waals surface area (Å²) >= 11 is 0. The van der Waals surface area contributed by atoms with Crippen LogP contribution in [-0.2, 0) is 0 Å². The molecule has 0 radical (unpaired) electrons. The molecule has 80 valence electrons. The van der Waals surface area contributed by atoms with Crippen LogP contribution in [0.25, 0.3) is 0 Å². The van der Waals surface area contributed by atoms with Gasteiger partial charge < -0.3 is 10.0 Å². The molecule has 0 bridgehead atoms. The van der Waals surface area contributed by atoms with E-state index in [1.807, 2.05) is 0 Å². The first-order valence-corrected chi connectivity index (χ1v) is 4.18. The highest BCUT2D eigenvalue weighted by Crippen LogP contribution is 2.12.